The molecule has 1 aliphatic heterocycles. The van der Waals surface area contributed by atoms with Gasteiger partial charge in [-0.1, -0.05) is 25.7 Å². The van der Waals surface area contributed by atoms with Gasteiger partial charge in [-0.05, 0) is 32.2 Å². The molecule has 1 saturated carbocycles. The van der Waals surface area contributed by atoms with Gasteiger partial charge < -0.3 is 9.90 Å². The average Bonchev–Trinajstić information content (AvgIpc) is 2.66. The van der Waals surface area contributed by atoms with E-state index in [1.807, 2.05) is 0 Å². The second-order valence-corrected chi connectivity index (χ2v) is 5.84. The van der Waals surface area contributed by atoms with Gasteiger partial charge in [0.25, 0.3) is 0 Å². The van der Waals surface area contributed by atoms with Crippen LogP contribution < -0.4 is 0 Å². The van der Waals surface area contributed by atoms with Crippen LogP contribution in [0.2, 0.25) is 0 Å². The molecule has 2 rings (SSSR count). The van der Waals surface area contributed by atoms with E-state index in [0.29, 0.717) is 6.04 Å². The zero-order chi connectivity index (χ0) is 12.1. The molecule has 0 bridgehead atoms. The van der Waals surface area contributed by atoms with Gasteiger partial charge >= 0.3 is 0 Å². The molecular formula is C14H25NO2. The zero-order valence-corrected chi connectivity index (χ0v) is 10.7. The van der Waals surface area contributed by atoms with Crippen molar-refractivity contribution in [1.82, 2.24) is 4.90 Å². The molecule has 1 saturated heterocycles. The smallest absolute Gasteiger partial charge is 0.127 e. The van der Waals surface area contributed by atoms with Crippen molar-refractivity contribution in [1.29, 1.82) is 0 Å². The summed E-state index contributed by atoms with van der Waals surface area (Å²) in [6, 6.07) is 0.301. The lowest BCUT2D eigenvalue weighted by Crippen LogP contribution is -2.42. The molecule has 2 aliphatic rings. The van der Waals surface area contributed by atoms with Crippen LogP contribution in [0, 0.1) is 5.41 Å². The van der Waals surface area contributed by atoms with E-state index in [-0.39, 0.29) is 12.0 Å². The zero-order valence-electron chi connectivity index (χ0n) is 10.7. The molecule has 17 heavy (non-hydrogen) atoms. The Balaban J connectivity index is 1.99. The van der Waals surface area contributed by atoms with Gasteiger partial charge in [0.2, 0.25) is 0 Å². The monoisotopic (exact) mass is 239 g/mol. The van der Waals surface area contributed by atoms with Crippen molar-refractivity contribution >= 4 is 6.29 Å². The summed E-state index contributed by atoms with van der Waals surface area (Å²) in [6.45, 7) is 2.18. The molecule has 0 aromatic heterocycles. The number of aliphatic hydroxyl groups is 1. The second kappa shape index (κ2) is 5.96. The van der Waals surface area contributed by atoms with Crippen LogP contribution in [0.5, 0.6) is 0 Å². The molecule has 2 fully saturated rings. The van der Waals surface area contributed by atoms with Gasteiger partial charge in [-0.3, -0.25) is 4.90 Å². The molecular weight excluding hydrogens is 214 g/mol. The lowest BCUT2D eigenvalue weighted by molar-refractivity contribution is -0.118. The number of carbonyl (C=O) groups excluding carboxylic acids is 1. The number of rotatable bonds is 4. The Bertz CT molecular complexity index is 247. The molecule has 1 heterocycles. The number of carbonyl (C=O) groups is 1. The summed E-state index contributed by atoms with van der Waals surface area (Å²) in [7, 11) is 0. The van der Waals surface area contributed by atoms with Crippen LogP contribution >= 0.6 is 0 Å². The van der Waals surface area contributed by atoms with Crippen LogP contribution in [0.15, 0.2) is 0 Å². The molecule has 0 aromatic rings. The van der Waals surface area contributed by atoms with E-state index in [1.165, 1.54) is 38.4 Å². The van der Waals surface area contributed by atoms with Gasteiger partial charge in [0, 0.05) is 18.0 Å². The minimum Gasteiger partial charge on any atom is -0.395 e. The Morgan fingerprint density at radius 3 is 2.47 bits per heavy atom. The summed E-state index contributed by atoms with van der Waals surface area (Å²) in [5, 5.41) is 9.35. The van der Waals surface area contributed by atoms with Crippen molar-refractivity contribution in [2.45, 2.75) is 57.4 Å². The molecule has 0 amide bonds. The van der Waals surface area contributed by atoms with Gasteiger partial charge in [0.1, 0.15) is 6.29 Å². The van der Waals surface area contributed by atoms with Crippen LogP contribution in [-0.4, -0.2) is 42.0 Å². The molecule has 1 N–H and O–H groups in total. The Morgan fingerprint density at radius 1 is 1.18 bits per heavy atom. The largest absolute Gasteiger partial charge is 0.395 e. The summed E-state index contributed by atoms with van der Waals surface area (Å²) in [5.74, 6) is 0. The van der Waals surface area contributed by atoms with E-state index in [2.05, 4.69) is 4.90 Å². The summed E-state index contributed by atoms with van der Waals surface area (Å²) in [6.07, 6.45) is 10.5. The van der Waals surface area contributed by atoms with E-state index in [1.54, 1.807) is 0 Å². The average molecular weight is 239 g/mol. The number of hydrogen-bond donors (Lipinski definition) is 1. The molecule has 3 nitrogen and oxygen atoms in total. The predicted octanol–water partition coefficient (Wildman–Crippen LogP) is 1.98. The first kappa shape index (κ1) is 13.0. The first-order valence-corrected chi connectivity index (χ1v) is 7.11. The molecule has 1 aliphatic carbocycles. The third-order valence-corrected chi connectivity index (χ3v) is 4.58. The topological polar surface area (TPSA) is 40.5 Å². The summed E-state index contributed by atoms with van der Waals surface area (Å²) in [4.78, 5) is 13.9. The first-order chi connectivity index (χ1) is 8.29. The molecule has 98 valence electrons. The molecule has 1 atom stereocenters. The van der Waals surface area contributed by atoms with Gasteiger partial charge in [0.15, 0.2) is 0 Å². The van der Waals surface area contributed by atoms with Crippen molar-refractivity contribution in [2.75, 3.05) is 19.7 Å². The molecule has 3 heteroatoms. The highest BCUT2D eigenvalue weighted by Gasteiger charge is 2.36. The Morgan fingerprint density at radius 2 is 1.88 bits per heavy atom. The van der Waals surface area contributed by atoms with Gasteiger partial charge in [0.05, 0.1) is 6.61 Å². The SMILES string of the molecule is O=CC1(CN2CCCC2CO)CCCCCC1. The lowest BCUT2D eigenvalue weighted by atomic mass is 9.81. The van der Waals surface area contributed by atoms with E-state index < -0.39 is 0 Å². The minimum absolute atomic E-state index is 0.117. The Labute approximate surface area is 104 Å². The summed E-state index contributed by atoms with van der Waals surface area (Å²) in [5.41, 5.74) is -0.117. The fourth-order valence-corrected chi connectivity index (χ4v) is 3.46. The first-order valence-electron chi connectivity index (χ1n) is 7.11. The van der Waals surface area contributed by atoms with E-state index in [0.717, 1.165) is 32.4 Å². The highest BCUT2D eigenvalue weighted by atomic mass is 16.3. The van der Waals surface area contributed by atoms with E-state index >= 15 is 0 Å². The van der Waals surface area contributed by atoms with Crippen molar-refractivity contribution < 1.29 is 9.90 Å². The van der Waals surface area contributed by atoms with Crippen molar-refractivity contribution in [3.05, 3.63) is 0 Å². The second-order valence-electron chi connectivity index (χ2n) is 5.84. The normalized spacial score (nSPS) is 30.1. The fraction of sp³-hybridized carbons (Fsp3) is 0.929. The number of aldehydes is 1. The minimum atomic E-state index is -0.117. The number of hydrogen-bond acceptors (Lipinski definition) is 3. The number of likely N-dealkylation sites (tertiary alicyclic amines) is 1. The molecule has 0 aromatic carbocycles. The van der Waals surface area contributed by atoms with Crippen molar-refractivity contribution in [2.24, 2.45) is 5.41 Å². The van der Waals surface area contributed by atoms with Crippen LogP contribution in [0.3, 0.4) is 0 Å². The molecule has 1 unspecified atom stereocenters. The lowest BCUT2D eigenvalue weighted by Gasteiger charge is -2.34. The van der Waals surface area contributed by atoms with Crippen LogP contribution in [0.25, 0.3) is 0 Å². The quantitative estimate of drug-likeness (QED) is 0.602. The van der Waals surface area contributed by atoms with Crippen LogP contribution in [-0.2, 0) is 4.79 Å². The summed E-state index contributed by atoms with van der Waals surface area (Å²) >= 11 is 0. The molecule has 0 spiro atoms. The van der Waals surface area contributed by atoms with E-state index in [4.69, 9.17) is 0 Å². The Kier molecular flexibility index (Phi) is 4.57. The van der Waals surface area contributed by atoms with Gasteiger partial charge in [-0.2, -0.15) is 0 Å². The van der Waals surface area contributed by atoms with Crippen molar-refractivity contribution in [3.8, 4) is 0 Å². The maximum absolute atomic E-state index is 11.5. The van der Waals surface area contributed by atoms with Crippen LogP contribution in [0.4, 0.5) is 0 Å². The van der Waals surface area contributed by atoms with Gasteiger partial charge in [-0.25, -0.2) is 0 Å². The Hall–Kier alpha value is -0.410. The fourth-order valence-electron chi connectivity index (χ4n) is 3.46. The van der Waals surface area contributed by atoms with Gasteiger partial charge in [-0.15, -0.1) is 0 Å². The predicted molar refractivity (Wildman–Crippen MR) is 67.9 cm³/mol. The number of nitrogens with zero attached hydrogens (tertiary/aromatic N) is 1. The highest BCUT2D eigenvalue weighted by Crippen LogP contribution is 2.35. The van der Waals surface area contributed by atoms with E-state index in [9.17, 15) is 9.90 Å². The summed E-state index contributed by atoms with van der Waals surface area (Å²) < 4.78 is 0. The maximum atomic E-state index is 11.5. The van der Waals surface area contributed by atoms with Crippen molar-refractivity contribution in [3.63, 3.8) is 0 Å². The standard InChI is InChI=1S/C14H25NO2/c16-10-13-6-5-9-15(13)11-14(12-17)7-3-1-2-4-8-14/h12-13,16H,1-11H2. The number of aliphatic hydroxyl groups excluding tert-OH is 1. The van der Waals surface area contributed by atoms with Crippen LogP contribution in [0.1, 0.15) is 51.4 Å². The third kappa shape index (κ3) is 3.08. The maximum Gasteiger partial charge on any atom is 0.127 e. The highest BCUT2D eigenvalue weighted by molar-refractivity contribution is 5.59. The molecule has 0 radical (unpaired) electrons. The third-order valence-electron chi connectivity index (χ3n) is 4.58.